The van der Waals surface area contributed by atoms with Gasteiger partial charge < -0.3 is 9.84 Å². The molecule has 0 heterocycles. The predicted molar refractivity (Wildman–Crippen MR) is 62.2 cm³/mol. The van der Waals surface area contributed by atoms with E-state index in [4.69, 9.17) is 10.00 Å². The van der Waals surface area contributed by atoms with Crippen molar-refractivity contribution < 1.29 is 9.84 Å². The van der Waals surface area contributed by atoms with Gasteiger partial charge >= 0.3 is 0 Å². The lowest BCUT2D eigenvalue weighted by molar-refractivity contribution is 0.170. The Labute approximate surface area is 96.3 Å². The van der Waals surface area contributed by atoms with E-state index < -0.39 is 6.10 Å². The maximum atomic E-state index is 9.43. The molecule has 1 atom stereocenters. The lowest BCUT2D eigenvalue weighted by Crippen LogP contribution is -2.06. The molecule has 1 aromatic carbocycles. The Bertz CT molecular complexity index is 357. The number of aliphatic hydroxyl groups is 1. The summed E-state index contributed by atoms with van der Waals surface area (Å²) < 4.78 is 5.39. The molecule has 16 heavy (non-hydrogen) atoms. The Balaban J connectivity index is 2.47. The molecule has 1 rings (SSSR count). The van der Waals surface area contributed by atoms with Crippen molar-refractivity contribution in [1.29, 1.82) is 5.26 Å². The number of nitriles is 1. The summed E-state index contributed by atoms with van der Waals surface area (Å²) in [4.78, 5) is 0. The molecule has 0 saturated heterocycles. The second kappa shape index (κ2) is 6.86. The third kappa shape index (κ3) is 4.33. The molecular weight excluding hydrogens is 202 g/mol. The highest BCUT2D eigenvalue weighted by molar-refractivity contribution is 5.28. The van der Waals surface area contributed by atoms with Crippen LogP contribution in [0.25, 0.3) is 0 Å². The molecule has 3 heteroatoms. The summed E-state index contributed by atoms with van der Waals surface area (Å²) >= 11 is 0. The van der Waals surface area contributed by atoms with Gasteiger partial charge in [0, 0.05) is 0 Å². The van der Waals surface area contributed by atoms with E-state index in [2.05, 4.69) is 0 Å². The molecule has 0 radical (unpaired) electrons. The Morgan fingerprint density at radius 1 is 1.50 bits per heavy atom. The van der Waals surface area contributed by atoms with E-state index >= 15 is 0 Å². The van der Waals surface area contributed by atoms with Crippen molar-refractivity contribution in [2.45, 2.75) is 32.3 Å². The van der Waals surface area contributed by atoms with Gasteiger partial charge in [-0.3, -0.25) is 0 Å². The molecule has 86 valence electrons. The van der Waals surface area contributed by atoms with Gasteiger partial charge in [0.1, 0.15) is 5.75 Å². The van der Waals surface area contributed by atoms with E-state index in [0.717, 1.165) is 17.7 Å². The largest absolute Gasteiger partial charge is 0.494 e. The molecular formula is C13H17NO2. The first kappa shape index (κ1) is 12.5. The molecule has 0 aliphatic carbocycles. The van der Waals surface area contributed by atoms with E-state index in [1.807, 2.05) is 37.3 Å². The number of rotatable bonds is 6. The van der Waals surface area contributed by atoms with Crippen LogP contribution in [-0.2, 0) is 6.42 Å². The Morgan fingerprint density at radius 3 is 3.00 bits per heavy atom. The monoisotopic (exact) mass is 219 g/mol. The minimum absolute atomic E-state index is 0.200. The Kier molecular flexibility index (Phi) is 5.38. The fourth-order valence-electron chi connectivity index (χ4n) is 1.50. The van der Waals surface area contributed by atoms with E-state index in [1.54, 1.807) is 0 Å². The molecule has 0 aliphatic heterocycles. The number of ether oxygens (including phenoxy) is 1. The van der Waals surface area contributed by atoms with Crippen molar-refractivity contribution >= 4 is 0 Å². The van der Waals surface area contributed by atoms with Crippen LogP contribution in [0.1, 0.15) is 25.3 Å². The molecule has 1 N–H and O–H groups in total. The summed E-state index contributed by atoms with van der Waals surface area (Å²) in [6.45, 7) is 2.60. The van der Waals surface area contributed by atoms with Crippen LogP contribution in [-0.4, -0.2) is 17.8 Å². The SMILES string of the molecule is CCOc1cccc(CCC(O)CC#N)c1. The summed E-state index contributed by atoms with van der Waals surface area (Å²) in [5, 5.41) is 17.8. The van der Waals surface area contributed by atoms with Crippen molar-refractivity contribution in [2.24, 2.45) is 0 Å². The van der Waals surface area contributed by atoms with Crippen LogP contribution in [0.4, 0.5) is 0 Å². The van der Waals surface area contributed by atoms with Gasteiger partial charge in [0.2, 0.25) is 0 Å². The van der Waals surface area contributed by atoms with Gasteiger partial charge in [0.05, 0.1) is 25.2 Å². The van der Waals surface area contributed by atoms with Crippen molar-refractivity contribution in [3.8, 4) is 11.8 Å². The average molecular weight is 219 g/mol. The van der Waals surface area contributed by atoms with E-state index in [0.29, 0.717) is 13.0 Å². The van der Waals surface area contributed by atoms with Crippen LogP contribution in [0.2, 0.25) is 0 Å². The highest BCUT2D eigenvalue weighted by atomic mass is 16.5. The summed E-state index contributed by atoms with van der Waals surface area (Å²) in [6, 6.07) is 9.79. The van der Waals surface area contributed by atoms with Crippen LogP contribution in [0.15, 0.2) is 24.3 Å². The van der Waals surface area contributed by atoms with Gasteiger partial charge in [-0.2, -0.15) is 5.26 Å². The summed E-state index contributed by atoms with van der Waals surface area (Å²) in [5.74, 6) is 0.856. The second-order valence-electron chi connectivity index (χ2n) is 3.64. The zero-order chi connectivity index (χ0) is 11.8. The highest BCUT2D eigenvalue weighted by Crippen LogP contribution is 2.15. The van der Waals surface area contributed by atoms with Gasteiger partial charge in [0.25, 0.3) is 0 Å². The van der Waals surface area contributed by atoms with Crippen LogP contribution in [0.3, 0.4) is 0 Å². The van der Waals surface area contributed by atoms with Gasteiger partial charge in [-0.25, -0.2) is 0 Å². The molecule has 0 amide bonds. The highest BCUT2D eigenvalue weighted by Gasteiger charge is 2.04. The topological polar surface area (TPSA) is 53.2 Å². The van der Waals surface area contributed by atoms with Gasteiger partial charge in [-0.05, 0) is 37.5 Å². The molecule has 1 unspecified atom stereocenters. The molecule has 1 aromatic rings. The van der Waals surface area contributed by atoms with Crippen molar-refractivity contribution in [3.63, 3.8) is 0 Å². The quantitative estimate of drug-likeness (QED) is 0.798. The van der Waals surface area contributed by atoms with Crippen molar-refractivity contribution in [1.82, 2.24) is 0 Å². The molecule has 0 saturated carbocycles. The zero-order valence-corrected chi connectivity index (χ0v) is 9.52. The lowest BCUT2D eigenvalue weighted by atomic mass is 10.1. The van der Waals surface area contributed by atoms with Crippen LogP contribution in [0.5, 0.6) is 5.75 Å². The number of hydrogen-bond donors (Lipinski definition) is 1. The van der Waals surface area contributed by atoms with E-state index in [-0.39, 0.29) is 6.42 Å². The minimum atomic E-state index is -0.527. The average Bonchev–Trinajstić information content (AvgIpc) is 2.28. The summed E-state index contributed by atoms with van der Waals surface area (Å²) in [6.07, 6.45) is 1.05. The Morgan fingerprint density at radius 2 is 2.31 bits per heavy atom. The number of aliphatic hydroxyl groups excluding tert-OH is 1. The van der Waals surface area contributed by atoms with Crippen molar-refractivity contribution in [3.05, 3.63) is 29.8 Å². The first-order chi connectivity index (χ1) is 7.76. The number of hydrogen-bond acceptors (Lipinski definition) is 3. The van der Waals surface area contributed by atoms with Gasteiger partial charge in [-0.1, -0.05) is 12.1 Å². The Hall–Kier alpha value is -1.53. The zero-order valence-electron chi connectivity index (χ0n) is 9.52. The number of benzene rings is 1. The summed E-state index contributed by atoms with van der Waals surface area (Å²) in [5.41, 5.74) is 1.13. The lowest BCUT2D eigenvalue weighted by Gasteiger charge is -2.08. The maximum absolute atomic E-state index is 9.43. The normalized spacial score (nSPS) is 11.8. The van der Waals surface area contributed by atoms with Gasteiger partial charge in [-0.15, -0.1) is 0 Å². The minimum Gasteiger partial charge on any atom is -0.494 e. The molecule has 0 aliphatic rings. The fourth-order valence-corrected chi connectivity index (χ4v) is 1.50. The number of nitrogens with zero attached hydrogens (tertiary/aromatic N) is 1. The molecule has 0 spiro atoms. The van der Waals surface area contributed by atoms with E-state index in [9.17, 15) is 5.11 Å². The maximum Gasteiger partial charge on any atom is 0.119 e. The van der Waals surface area contributed by atoms with E-state index in [1.165, 1.54) is 0 Å². The molecule has 0 aromatic heterocycles. The summed E-state index contributed by atoms with van der Waals surface area (Å²) in [7, 11) is 0. The van der Waals surface area contributed by atoms with Crippen LogP contribution < -0.4 is 4.74 Å². The predicted octanol–water partition coefficient (Wildman–Crippen LogP) is 2.29. The molecule has 3 nitrogen and oxygen atoms in total. The first-order valence-electron chi connectivity index (χ1n) is 5.53. The molecule has 0 fully saturated rings. The standard InChI is InChI=1S/C13H17NO2/c1-2-16-13-5-3-4-11(10-13)6-7-12(15)8-9-14/h3-5,10,12,15H,2,6-8H2,1H3. The third-order valence-corrected chi connectivity index (χ3v) is 2.30. The number of aryl methyl sites for hydroxylation is 1. The van der Waals surface area contributed by atoms with Crippen LogP contribution in [0, 0.1) is 11.3 Å². The second-order valence-corrected chi connectivity index (χ2v) is 3.64. The smallest absolute Gasteiger partial charge is 0.119 e. The van der Waals surface area contributed by atoms with Crippen LogP contribution >= 0.6 is 0 Å². The van der Waals surface area contributed by atoms with Gasteiger partial charge in [0.15, 0.2) is 0 Å². The van der Waals surface area contributed by atoms with Crippen molar-refractivity contribution in [2.75, 3.05) is 6.61 Å². The first-order valence-corrected chi connectivity index (χ1v) is 5.53. The third-order valence-electron chi connectivity index (χ3n) is 2.30. The fraction of sp³-hybridized carbons (Fsp3) is 0.462. The molecule has 0 bridgehead atoms.